The van der Waals surface area contributed by atoms with Crippen molar-refractivity contribution in [3.05, 3.63) is 108 Å². The van der Waals surface area contributed by atoms with E-state index in [2.05, 4.69) is 20.5 Å². The van der Waals surface area contributed by atoms with Crippen LogP contribution in [0.2, 0.25) is 0 Å². The molecule has 0 aliphatic carbocycles. The van der Waals surface area contributed by atoms with E-state index in [-0.39, 0.29) is 23.8 Å². The number of hydrogen-bond donors (Lipinski definition) is 2. The molecule has 6 nitrogen and oxygen atoms in total. The number of nitrogens with zero attached hydrogens (tertiary/aromatic N) is 3. The van der Waals surface area contributed by atoms with Gasteiger partial charge >= 0.3 is 0 Å². The van der Waals surface area contributed by atoms with Crippen molar-refractivity contribution in [3.8, 4) is 5.69 Å². The van der Waals surface area contributed by atoms with Gasteiger partial charge in [0.2, 0.25) is 5.91 Å². The second-order valence-corrected chi connectivity index (χ2v) is 8.39. The van der Waals surface area contributed by atoms with E-state index < -0.39 is 0 Å². The Morgan fingerprint density at radius 1 is 1.00 bits per heavy atom. The van der Waals surface area contributed by atoms with E-state index in [1.165, 1.54) is 19.1 Å². The zero-order valence-electron chi connectivity index (χ0n) is 18.4. The molecule has 0 radical (unpaired) electrons. The third kappa shape index (κ3) is 4.15. The van der Waals surface area contributed by atoms with Crippen molar-refractivity contribution < 1.29 is 9.18 Å². The zero-order valence-corrected chi connectivity index (χ0v) is 19.2. The van der Waals surface area contributed by atoms with Gasteiger partial charge in [0.05, 0.1) is 11.7 Å². The molecule has 2 aromatic heterocycles. The number of hydrogen-bond acceptors (Lipinski definition) is 3. The lowest BCUT2D eigenvalue weighted by Crippen LogP contribution is -2.30. The molecule has 0 unspecified atom stereocenters. The van der Waals surface area contributed by atoms with Crippen LogP contribution in [-0.4, -0.2) is 20.6 Å². The Morgan fingerprint density at radius 3 is 2.41 bits per heavy atom. The first-order valence-corrected chi connectivity index (χ1v) is 11.2. The molecule has 5 rings (SSSR count). The first-order chi connectivity index (χ1) is 16.5. The van der Waals surface area contributed by atoms with E-state index in [9.17, 15) is 9.18 Å². The lowest BCUT2D eigenvalue weighted by molar-refractivity contribution is -0.114. The van der Waals surface area contributed by atoms with Gasteiger partial charge in [0.25, 0.3) is 0 Å². The van der Waals surface area contributed by atoms with Crippen molar-refractivity contribution in [2.45, 2.75) is 19.0 Å². The summed E-state index contributed by atoms with van der Waals surface area (Å²) in [5.74, 6) is -0.412. The molecule has 1 aliphatic rings. The van der Waals surface area contributed by atoms with E-state index in [1.807, 2.05) is 65.4 Å². The average molecular weight is 472 g/mol. The van der Waals surface area contributed by atoms with E-state index >= 15 is 0 Å². The summed E-state index contributed by atoms with van der Waals surface area (Å²) >= 11 is 5.79. The van der Waals surface area contributed by atoms with Crippen LogP contribution in [0.3, 0.4) is 0 Å². The molecule has 4 aromatic rings. The van der Waals surface area contributed by atoms with Crippen LogP contribution in [0, 0.1) is 5.82 Å². The Balaban J connectivity index is 1.61. The highest BCUT2D eigenvalue weighted by atomic mass is 32.1. The average Bonchev–Trinajstić information content (AvgIpc) is 3.45. The first kappa shape index (κ1) is 21.8. The summed E-state index contributed by atoms with van der Waals surface area (Å²) in [6.45, 7) is 1.48. The molecule has 1 saturated heterocycles. The van der Waals surface area contributed by atoms with Crippen LogP contribution in [-0.2, 0) is 4.79 Å². The van der Waals surface area contributed by atoms with Crippen molar-refractivity contribution in [3.63, 3.8) is 0 Å². The second-order valence-electron chi connectivity index (χ2n) is 8.00. The largest absolute Gasteiger partial charge is 0.351 e. The fourth-order valence-corrected chi connectivity index (χ4v) is 4.66. The number of pyridine rings is 1. The zero-order chi connectivity index (χ0) is 23.7. The van der Waals surface area contributed by atoms with E-state index in [1.54, 1.807) is 18.3 Å². The van der Waals surface area contributed by atoms with Crippen molar-refractivity contribution in [1.82, 2.24) is 14.9 Å². The van der Waals surface area contributed by atoms with Gasteiger partial charge in [-0.15, -0.1) is 0 Å². The van der Waals surface area contributed by atoms with Gasteiger partial charge in [-0.05, 0) is 85.0 Å². The van der Waals surface area contributed by atoms with Crippen LogP contribution in [0.1, 0.15) is 30.4 Å². The van der Waals surface area contributed by atoms with Gasteiger partial charge in [-0.25, -0.2) is 4.39 Å². The van der Waals surface area contributed by atoms with Gasteiger partial charge in [-0.2, -0.15) is 0 Å². The Bertz CT molecular complexity index is 1320. The van der Waals surface area contributed by atoms with Gasteiger partial charge in [-0.1, -0.05) is 6.07 Å². The molecule has 170 valence electrons. The van der Waals surface area contributed by atoms with Gasteiger partial charge < -0.3 is 20.1 Å². The molecule has 34 heavy (non-hydrogen) atoms. The van der Waals surface area contributed by atoms with Crippen LogP contribution in [0.25, 0.3) is 5.69 Å². The molecule has 0 bridgehead atoms. The van der Waals surface area contributed by atoms with Crippen molar-refractivity contribution >= 4 is 34.6 Å². The number of amides is 1. The maximum atomic E-state index is 13.6. The van der Waals surface area contributed by atoms with Gasteiger partial charge in [0, 0.05) is 42.1 Å². The Morgan fingerprint density at radius 2 is 1.74 bits per heavy atom. The quantitative estimate of drug-likeness (QED) is 0.395. The van der Waals surface area contributed by atoms with Gasteiger partial charge in [-0.3, -0.25) is 9.78 Å². The standard InChI is InChI=1S/C26H22FN5OS/c1-17(33)29-19-9-13-21(14-10-19)32-25(24(30-26(32)34)22-5-2-3-15-28-22)23-6-4-16-31(23)20-11-7-18(27)8-12-20/h2-16,24-25H,1H3,(H,29,33)(H,30,34)/t24-,25-/m1/s1. The van der Waals surface area contributed by atoms with E-state index in [4.69, 9.17) is 12.2 Å². The van der Waals surface area contributed by atoms with Gasteiger partial charge in [0.1, 0.15) is 11.9 Å². The minimum absolute atomic E-state index is 0.128. The lowest BCUT2D eigenvalue weighted by atomic mass is 10.0. The molecule has 1 amide bonds. The van der Waals surface area contributed by atoms with Crippen LogP contribution >= 0.6 is 12.2 Å². The van der Waals surface area contributed by atoms with Crippen molar-refractivity contribution in [2.24, 2.45) is 0 Å². The minimum atomic E-state index is -0.284. The normalized spacial score (nSPS) is 17.5. The topological polar surface area (TPSA) is 62.2 Å². The molecule has 2 aromatic carbocycles. The van der Waals surface area contributed by atoms with Crippen molar-refractivity contribution in [2.75, 3.05) is 10.2 Å². The molecule has 0 saturated carbocycles. The summed E-state index contributed by atoms with van der Waals surface area (Å²) in [6.07, 6.45) is 3.72. The number of halogens is 1. The monoisotopic (exact) mass is 471 g/mol. The molecule has 0 spiro atoms. The summed E-state index contributed by atoms with van der Waals surface area (Å²) < 4.78 is 15.6. The van der Waals surface area contributed by atoms with Crippen LogP contribution < -0.4 is 15.5 Å². The lowest BCUT2D eigenvalue weighted by Gasteiger charge is -2.29. The molecular formula is C26H22FN5OS. The molecule has 2 atom stereocenters. The SMILES string of the molecule is CC(=O)Nc1ccc(N2C(=S)N[C@H](c3ccccn3)[C@H]2c2cccn2-c2ccc(F)cc2)cc1. The molecule has 2 N–H and O–H groups in total. The summed E-state index contributed by atoms with van der Waals surface area (Å²) in [7, 11) is 0. The maximum Gasteiger partial charge on any atom is 0.221 e. The summed E-state index contributed by atoms with van der Waals surface area (Å²) in [6, 6.07) is 23.3. The number of carbonyl (C=O) groups excluding carboxylic acids is 1. The number of rotatable bonds is 5. The number of nitrogens with one attached hydrogen (secondary N) is 2. The predicted molar refractivity (Wildman–Crippen MR) is 134 cm³/mol. The Hall–Kier alpha value is -4.04. The highest BCUT2D eigenvalue weighted by molar-refractivity contribution is 7.80. The van der Waals surface area contributed by atoms with Crippen LogP contribution in [0.4, 0.5) is 15.8 Å². The summed E-state index contributed by atoms with van der Waals surface area (Å²) in [4.78, 5) is 18.1. The fourth-order valence-electron chi connectivity index (χ4n) is 4.31. The van der Waals surface area contributed by atoms with Crippen LogP contribution in [0.15, 0.2) is 91.3 Å². The number of anilines is 2. The smallest absolute Gasteiger partial charge is 0.221 e. The molecule has 3 heterocycles. The van der Waals surface area contributed by atoms with Crippen molar-refractivity contribution in [1.29, 1.82) is 0 Å². The molecule has 8 heteroatoms. The highest BCUT2D eigenvalue weighted by Gasteiger charge is 2.42. The third-order valence-electron chi connectivity index (χ3n) is 5.75. The minimum Gasteiger partial charge on any atom is -0.351 e. The van der Waals surface area contributed by atoms with Gasteiger partial charge in [0.15, 0.2) is 5.11 Å². The number of thiocarbonyl (C=S) groups is 1. The van der Waals surface area contributed by atoms with Crippen LogP contribution in [0.5, 0.6) is 0 Å². The van der Waals surface area contributed by atoms with E-state index in [0.717, 1.165) is 22.8 Å². The Kier molecular flexibility index (Phi) is 5.81. The maximum absolute atomic E-state index is 13.6. The highest BCUT2D eigenvalue weighted by Crippen LogP contribution is 2.42. The summed E-state index contributed by atoms with van der Waals surface area (Å²) in [5, 5.41) is 6.80. The second kappa shape index (κ2) is 9.07. The predicted octanol–water partition coefficient (Wildman–Crippen LogP) is 5.15. The number of carbonyl (C=O) groups is 1. The number of benzene rings is 2. The number of aromatic nitrogens is 2. The first-order valence-electron chi connectivity index (χ1n) is 10.8. The Labute approximate surface area is 202 Å². The molecule has 1 aliphatic heterocycles. The fraction of sp³-hybridized carbons (Fsp3) is 0.115. The molecular weight excluding hydrogens is 449 g/mol. The summed E-state index contributed by atoms with van der Waals surface area (Å²) in [5.41, 5.74) is 4.27. The van der Waals surface area contributed by atoms with E-state index in [0.29, 0.717) is 10.8 Å². The molecule has 1 fully saturated rings. The third-order valence-corrected chi connectivity index (χ3v) is 6.07.